The molecule has 2 nitrogen and oxygen atoms in total. The maximum atomic E-state index is 14.0. The number of nitrogens with zero attached hydrogens (tertiary/aromatic N) is 1. The second-order valence-corrected chi connectivity index (χ2v) is 4.15. The van der Waals surface area contributed by atoms with Gasteiger partial charge in [-0.2, -0.15) is 0 Å². The molecule has 0 atom stereocenters. The van der Waals surface area contributed by atoms with Crippen LogP contribution in [-0.4, -0.2) is 11.7 Å². The van der Waals surface area contributed by atoms with E-state index in [9.17, 15) is 8.78 Å². The molecule has 4 heteroatoms. The Balaban J connectivity index is 2.50. The zero-order valence-electron chi connectivity index (χ0n) is 10.6. The minimum absolute atomic E-state index is 0.0918. The molecule has 0 fully saturated rings. The highest BCUT2D eigenvalue weighted by Crippen LogP contribution is 2.31. The zero-order valence-corrected chi connectivity index (χ0v) is 10.6. The summed E-state index contributed by atoms with van der Waals surface area (Å²) in [5, 5.41) is 8.94. The van der Waals surface area contributed by atoms with E-state index in [-0.39, 0.29) is 17.9 Å². The third kappa shape index (κ3) is 2.74. The van der Waals surface area contributed by atoms with E-state index in [0.29, 0.717) is 6.54 Å². The average molecular weight is 263 g/mol. The molecule has 0 aromatic heterocycles. The number of halogens is 2. The van der Waals surface area contributed by atoms with Gasteiger partial charge >= 0.3 is 0 Å². The first-order valence-corrected chi connectivity index (χ1v) is 6.08. The maximum absolute atomic E-state index is 14.0. The SMILES string of the molecule is CCN(c1ccccc1)c1c(F)cc(CO)cc1F. The second-order valence-electron chi connectivity index (χ2n) is 4.15. The molecule has 0 spiro atoms. The molecule has 0 aliphatic heterocycles. The minimum Gasteiger partial charge on any atom is -0.392 e. The van der Waals surface area contributed by atoms with Crippen LogP contribution in [0.5, 0.6) is 0 Å². The molecule has 0 radical (unpaired) electrons. The Morgan fingerprint density at radius 1 is 1.05 bits per heavy atom. The van der Waals surface area contributed by atoms with Gasteiger partial charge in [-0.05, 0) is 36.8 Å². The highest BCUT2D eigenvalue weighted by atomic mass is 19.1. The molecule has 2 aromatic carbocycles. The van der Waals surface area contributed by atoms with Gasteiger partial charge in [0.15, 0.2) is 0 Å². The standard InChI is InChI=1S/C15H15F2NO/c1-2-18(12-6-4-3-5-7-12)15-13(16)8-11(10-19)9-14(15)17/h3-9,19H,2,10H2,1H3. The number of para-hydroxylation sites is 1. The van der Waals surface area contributed by atoms with Crippen LogP contribution in [0.1, 0.15) is 12.5 Å². The van der Waals surface area contributed by atoms with E-state index in [0.717, 1.165) is 17.8 Å². The van der Waals surface area contributed by atoms with Crippen LogP contribution in [0.4, 0.5) is 20.2 Å². The number of anilines is 2. The summed E-state index contributed by atoms with van der Waals surface area (Å²) in [4.78, 5) is 1.56. The Morgan fingerprint density at radius 2 is 1.63 bits per heavy atom. The first kappa shape index (κ1) is 13.5. The fourth-order valence-corrected chi connectivity index (χ4v) is 2.04. The summed E-state index contributed by atoms with van der Waals surface area (Å²) in [5.41, 5.74) is 0.855. The number of aliphatic hydroxyl groups excluding tert-OH is 1. The molecular formula is C15H15F2NO. The van der Waals surface area contributed by atoms with E-state index in [1.165, 1.54) is 0 Å². The Hall–Kier alpha value is -1.94. The van der Waals surface area contributed by atoms with Gasteiger partial charge in [-0.3, -0.25) is 0 Å². The Kier molecular flexibility index (Phi) is 4.12. The minimum atomic E-state index is -0.672. The van der Waals surface area contributed by atoms with Gasteiger partial charge in [0.05, 0.1) is 6.61 Å². The van der Waals surface area contributed by atoms with Gasteiger partial charge in [-0.25, -0.2) is 8.78 Å². The quantitative estimate of drug-likeness (QED) is 0.910. The van der Waals surface area contributed by atoms with Crippen molar-refractivity contribution in [1.82, 2.24) is 0 Å². The van der Waals surface area contributed by atoms with Crippen LogP contribution in [0.3, 0.4) is 0 Å². The van der Waals surface area contributed by atoms with Crippen molar-refractivity contribution < 1.29 is 13.9 Å². The van der Waals surface area contributed by atoms with Crippen molar-refractivity contribution in [2.45, 2.75) is 13.5 Å². The number of hydrogen-bond donors (Lipinski definition) is 1. The molecule has 0 bridgehead atoms. The van der Waals surface area contributed by atoms with Crippen LogP contribution in [-0.2, 0) is 6.61 Å². The molecule has 2 rings (SSSR count). The lowest BCUT2D eigenvalue weighted by Gasteiger charge is -2.24. The monoisotopic (exact) mass is 263 g/mol. The van der Waals surface area contributed by atoms with Crippen LogP contribution < -0.4 is 4.90 Å². The molecule has 0 aliphatic carbocycles. The van der Waals surface area contributed by atoms with Gasteiger partial charge in [-0.15, -0.1) is 0 Å². The molecule has 0 saturated heterocycles. The summed E-state index contributed by atoms with van der Waals surface area (Å²) in [6.45, 7) is 1.88. The fourth-order valence-electron chi connectivity index (χ4n) is 2.04. The van der Waals surface area contributed by atoms with Crippen molar-refractivity contribution in [1.29, 1.82) is 0 Å². The first-order valence-electron chi connectivity index (χ1n) is 6.08. The van der Waals surface area contributed by atoms with Crippen molar-refractivity contribution in [3.05, 3.63) is 59.7 Å². The van der Waals surface area contributed by atoms with E-state index < -0.39 is 11.6 Å². The fraction of sp³-hybridized carbons (Fsp3) is 0.200. The molecule has 2 aromatic rings. The lowest BCUT2D eigenvalue weighted by Crippen LogP contribution is -2.19. The predicted molar refractivity (Wildman–Crippen MR) is 71.4 cm³/mol. The molecule has 1 N–H and O–H groups in total. The molecule has 0 saturated carbocycles. The summed E-state index contributed by atoms with van der Waals surface area (Å²) in [6, 6.07) is 11.4. The van der Waals surface area contributed by atoms with Crippen LogP contribution >= 0.6 is 0 Å². The van der Waals surface area contributed by atoms with E-state index in [4.69, 9.17) is 5.11 Å². The molecule has 100 valence electrons. The maximum Gasteiger partial charge on any atom is 0.150 e. The van der Waals surface area contributed by atoms with Crippen LogP contribution in [0.15, 0.2) is 42.5 Å². The third-order valence-electron chi connectivity index (χ3n) is 2.91. The van der Waals surface area contributed by atoms with Crippen molar-refractivity contribution in [2.75, 3.05) is 11.4 Å². The summed E-state index contributed by atoms with van der Waals surface area (Å²) in [6.07, 6.45) is 0. The largest absolute Gasteiger partial charge is 0.392 e. The van der Waals surface area contributed by atoms with Crippen LogP contribution in [0.25, 0.3) is 0 Å². The number of aliphatic hydroxyl groups is 1. The van der Waals surface area contributed by atoms with E-state index in [2.05, 4.69) is 0 Å². The molecule has 0 aliphatic rings. The molecule has 19 heavy (non-hydrogen) atoms. The number of benzene rings is 2. The van der Waals surface area contributed by atoms with E-state index in [1.807, 2.05) is 25.1 Å². The van der Waals surface area contributed by atoms with E-state index in [1.54, 1.807) is 17.0 Å². The average Bonchev–Trinajstić information content (AvgIpc) is 2.43. The smallest absolute Gasteiger partial charge is 0.150 e. The summed E-state index contributed by atoms with van der Waals surface area (Å²) in [5.74, 6) is -1.34. The van der Waals surface area contributed by atoms with Crippen LogP contribution in [0, 0.1) is 11.6 Å². The zero-order chi connectivity index (χ0) is 13.8. The Bertz CT molecular complexity index is 534. The Morgan fingerprint density at radius 3 is 2.11 bits per heavy atom. The second kappa shape index (κ2) is 5.80. The summed E-state index contributed by atoms with van der Waals surface area (Å²) >= 11 is 0. The van der Waals surface area contributed by atoms with Crippen molar-refractivity contribution in [3.63, 3.8) is 0 Å². The first-order chi connectivity index (χ1) is 9.17. The lowest BCUT2D eigenvalue weighted by atomic mass is 10.1. The van der Waals surface area contributed by atoms with Gasteiger partial charge in [0.25, 0.3) is 0 Å². The number of hydrogen-bond acceptors (Lipinski definition) is 2. The van der Waals surface area contributed by atoms with Gasteiger partial charge in [0.1, 0.15) is 17.3 Å². The number of rotatable bonds is 4. The molecule has 0 heterocycles. The predicted octanol–water partition coefficient (Wildman–Crippen LogP) is 3.62. The van der Waals surface area contributed by atoms with Gasteiger partial charge in [0, 0.05) is 12.2 Å². The Labute approximate surface area is 110 Å². The third-order valence-corrected chi connectivity index (χ3v) is 2.91. The van der Waals surface area contributed by atoms with Crippen molar-refractivity contribution in [3.8, 4) is 0 Å². The normalized spacial score (nSPS) is 10.5. The van der Waals surface area contributed by atoms with Gasteiger partial charge < -0.3 is 10.0 Å². The van der Waals surface area contributed by atoms with Gasteiger partial charge in [-0.1, -0.05) is 18.2 Å². The van der Waals surface area contributed by atoms with Crippen molar-refractivity contribution in [2.24, 2.45) is 0 Å². The molecule has 0 unspecified atom stereocenters. The highest BCUT2D eigenvalue weighted by Gasteiger charge is 2.18. The molecule has 0 amide bonds. The molecular weight excluding hydrogens is 248 g/mol. The van der Waals surface area contributed by atoms with Crippen LogP contribution in [0.2, 0.25) is 0 Å². The van der Waals surface area contributed by atoms with E-state index >= 15 is 0 Å². The highest BCUT2D eigenvalue weighted by molar-refractivity contribution is 5.64. The topological polar surface area (TPSA) is 23.5 Å². The van der Waals surface area contributed by atoms with Gasteiger partial charge in [0.2, 0.25) is 0 Å². The summed E-state index contributed by atoms with van der Waals surface area (Å²) < 4.78 is 28.1. The lowest BCUT2D eigenvalue weighted by molar-refractivity contribution is 0.280. The van der Waals surface area contributed by atoms with Crippen molar-refractivity contribution >= 4 is 11.4 Å². The summed E-state index contributed by atoms with van der Waals surface area (Å²) in [7, 11) is 0.